The first kappa shape index (κ1) is 17.2. The molecule has 5 nitrogen and oxygen atoms in total. The van der Waals surface area contributed by atoms with Crippen molar-refractivity contribution in [2.24, 2.45) is 34.7 Å². The van der Waals surface area contributed by atoms with Crippen LogP contribution in [0.1, 0.15) is 49.0 Å². The molecule has 2 heterocycles. The van der Waals surface area contributed by atoms with E-state index in [0.29, 0.717) is 25.4 Å². The minimum absolute atomic E-state index is 0.220. The Hall–Kier alpha value is -0.920. The number of nitrogens with two attached hydrogens (primary N) is 1. The SMILES string of the molecule is NS(=O)(=O)c1cc2c(s1)CCN(C(=O)CC1C3CC4CC(C3)CC1C4)C2. The fourth-order valence-corrected chi connectivity index (χ4v) is 8.33. The topological polar surface area (TPSA) is 80.5 Å². The molecule has 2 N–H and O–H groups in total. The van der Waals surface area contributed by atoms with Gasteiger partial charge in [0.25, 0.3) is 0 Å². The Morgan fingerprint density at radius 1 is 1.15 bits per heavy atom. The molecule has 26 heavy (non-hydrogen) atoms. The van der Waals surface area contributed by atoms with Gasteiger partial charge in [-0.05, 0) is 79.7 Å². The van der Waals surface area contributed by atoms with E-state index in [4.69, 9.17) is 5.14 Å². The number of amides is 1. The molecule has 4 saturated carbocycles. The minimum Gasteiger partial charge on any atom is -0.338 e. The Balaban J connectivity index is 1.28. The lowest BCUT2D eigenvalue weighted by Crippen LogP contribution is -2.47. The van der Waals surface area contributed by atoms with Crippen molar-refractivity contribution in [2.45, 2.75) is 55.7 Å². The fourth-order valence-electron chi connectivity index (χ4n) is 6.36. The molecule has 7 heteroatoms. The smallest absolute Gasteiger partial charge is 0.247 e. The van der Waals surface area contributed by atoms with Gasteiger partial charge in [0.05, 0.1) is 0 Å². The first-order chi connectivity index (χ1) is 12.4. The van der Waals surface area contributed by atoms with Gasteiger partial charge in [0.1, 0.15) is 4.21 Å². The molecular formula is C19H26N2O3S2. The maximum Gasteiger partial charge on any atom is 0.247 e. The normalized spacial score (nSPS) is 35.6. The number of carbonyl (C=O) groups is 1. The lowest BCUT2D eigenvalue weighted by atomic mass is 9.51. The minimum atomic E-state index is -3.65. The zero-order valence-corrected chi connectivity index (χ0v) is 16.5. The quantitative estimate of drug-likeness (QED) is 0.856. The van der Waals surface area contributed by atoms with E-state index in [9.17, 15) is 13.2 Å². The molecule has 5 aliphatic rings. The number of primary sulfonamides is 1. The van der Waals surface area contributed by atoms with E-state index < -0.39 is 10.0 Å². The third-order valence-electron chi connectivity index (χ3n) is 7.31. The van der Waals surface area contributed by atoms with Gasteiger partial charge in [-0.15, -0.1) is 11.3 Å². The number of carbonyl (C=O) groups excluding carboxylic acids is 1. The van der Waals surface area contributed by atoms with Gasteiger partial charge in [0.2, 0.25) is 15.9 Å². The van der Waals surface area contributed by atoms with Gasteiger partial charge in [-0.2, -0.15) is 0 Å². The van der Waals surface area contributed by atoms with Crippen LogP contribution in [0.3, 0.4) is 0 Å². The van der Waals surface area contributed by atoms with Crippen LogP contribution >= 0.6 is 11.3 Å². The summed E-state index contributed by atoms with van der Waals surface area (Å²) in [6.45, 7) is 1.23. The Labute approximate surface area is 159 Å². The number of fused-ring (bicyclic) bond motifs is 1. The summed E-state index contributed by atoms with van der Waals surface area (Å²) in [5.74, 6) is 4.25. The molecule has 0 saturated heterocycles. The predicted molar refractivity (Wildman–Crippen MR) is 100.0 cm³/mol. The largest absolute Gasteiger partial charge is 0.338 e. The van der Waals surface area contributed by atoms with Crippen molar-refractivity contribution in [3.8, 4) is 0 Å². The van der Waals surface area contributed by atoms with Crippen molar-refractivity contribution in [2.75, 3.05) is 6.54 Å². The van der Waals surface area contributed by atoms with E-state index in [2.05, 4.69) is 0 Å². The first-order valence-electron chi connectivity index (χ1n) is 9.79. The standard InChI is InChI=1S/C19H26N2O3S2/c20-26(23,24)19-8-15-10-21(2-1-17(15)25-19)18(22)9-16-13-4-11-3-12(6-13)7-14(16)5-11/h8,11-14,16H,1-7,9-10H2,(H2,20,23,24). The van der Waals surface area contributed by atoms with Crippen molar-refractivity contribution < 1.29 is 13.2 Å². The number of nitrogens with zero attached hydrogens (tertiary/aromatic N) is 1. The molecule has 4 bridgehead atoms. The molecule has 0 unspecified atom stereocenters. The summed E-state index contributed by atoms with van der Waals surface area (Å²) < 4.78 is 23.4. The Kier molecular flexibility index (Phi) is 4.00. The summed E-state index contributed by atoms with van der Waals surface area (Å²) in [5, 5.41) is 5.26. The van der Waals surface area contributed by atoms with Gasteiger partial charge in [0, 0.05) is 24.4 Å². The predicted octanol–water partition coefficient (Wildman–Crippen LogP) is 2.74. The zero-order chi connectivity index (χ0) is 18.1. The highest BCUT2D eigenvalue weighted by Gasteiger charge is 2.48. The van der Waals surface area contributed by atoms with Gasteiger partial charge in [0.15, 0.2) is 0 Å². The van der Waals surface area contributed by atoms with Crippen LogP contribution < -0.4 is 5.14 Å². The van der Waals surface area contributed by atoms with Crippen LogP contribution in [0.25, 0.3) is 0 Å². The van der Waals surface area contributed by atoms with Gasteiger partial charge in [-0.1, -0.05) is 0 Å². The average molecular weight is 395 g/mol. The molecule has 1 aromatic rings. The van der Waals surface area contributed by atoms with Crippen LogP contribution in [0, 0.1) is 29.6 Å². The average Bonchev–Trinajstić information content (AvgIpc) is 3.01. The van der Waals surface area contributed by atoms with Crippen LogP contribution in [-0.4, -0.2) is 25.8 Å². The highest BCUT2D eigenvalue weighted by molar-refractivity contribution is 7.91. The van der Waals surface area contributed by atoms with E-state index in [1.54, 1.807) is 6.07 Å². The second-order valence-corrected chi connectivity index (χ2v) is 11.8. The van der Waals surface area contributed by atoms with Crippen LogP contribution in [-0.2, 0) is 27.8 Å². The number of rotatable bonds is 3. The van der Waals surface area contributed by atoms with E-state index in [0.717, 1.165) is 40.5 Å². The van der Waals surface area contributed by atoms with Gasteiger partial charge >= 0.3 is 0 Å². The molecule has 0 spiro atoms. The maximum atomic E-state index is 13.0. The molecule has 4 fully saturated rings. The molecule has 0 atom stereocenters. The molecule has 0 aromatic carbocycles. The van der Waals surface area contributed by atoms with Crippen LogP contribution in [0.5, 0.6) is 0 Å². The van der Waals surface area contributed by atoms with Gasteiger partial charge < -0.3 is 4.90 Å². The van der Waals surface area contributed by atoms with Crippen LogP contribution in [0.15, 0.2) is 10.3 Å². The molecule has 0 radical (unpaired) electrons. The monoisotopic (exact) mass is 394 g/mol. The van der Waals surface area contributed by atoms with Crippen molar-refractivity contribution in [3.63, 3.8) is 0 Å². The molecule has 1 amide bonds. The third kappa shape index (κ3) is 2.92. The molecule has 4 aliphatic carbocycles. The zero-order valence-electron chi connectivity index (χ0n) is 14.9. The molecular weight excluding hydrogens is 368 g/mol. The summed E-state index contributed by atoms with van der Waals surface area (Å²) >= 11 is 1.26. The maximum absolute atomic E-state index is 13.0. The second kappa shape index (κ2) is 6.04. The molecule has 1 aliphatic heterocycles. The van der Waals surface area contributed by atoms with Gasteiger partial charge in [-0.3, -0.25) is 4.79 Å². The van der Waals surface area contributed by atoms with Crippen molar-refractivity contribution in [1.82, 2.24) is 4.90 Å². The number of thiophene rings is 1. The fraction of sp³-hybridized carbons (Fsp3) is 0.737. The Morgan fingerprint density at radius 3 is 2.42 bits per heavy atom. The van der Waals surface area contributed by atoms with E-state index >= 15 is 0 Å². The third-order valence-corrected chi connectivity index (χ3v) is 9.97. The summed E-state index contributed by atoms with van der Waals surface area (Å²) in [7, 11) is -3.65. The van der Waals surface area contributed by atoms with E-state index in [-0.39, 0.29) is 10.1 Å². The van der Waals surface area contributed by atoms with Crippen LogP contribution in [0.4, 0.5) is 0 Å². The Morgan fingerprint density at radius 2 is 1.81 bits per heavy atom. The highest BCUT2D eigenvalue weighted by atomic mass is 32.2. The lowest BCUT2D eigenvalue weighted by molar-refractivity contribution is -0.137. The number of hydrogen-bond acceptors (Lipinski definition) is 4. The van der Waals surface area contributed by atoms with Crippen molar-refractivity contribution in [1.29, 1.82) is 0 Å². The van der Waals surface area contributed by atoms with Crippen LogP contribution in [0.2, 0.25) is 0 Å². The summed E-state index contributed by atoms with van der Waals surface area (Å²) in [6.07, 6.45) is 8.25. The van der Waals surface area contributed by atoms with E-state index in [1.807, 2.05) is 4.90 Å². The lowest BCUT2D eigenvalue weighted by Gasteiger charge is -2.54. The van der Waals surface area contributed by atoms with E-state index in [1.165, 1.54) is 43.4 Å². The summed E-state index contributed by atoms with van der Waals surface area (Å²) in [5.41, 5.74) is 0.962. The Bertz CT molecular complexity index is 817. The second-order valence-electron chi connectivity index (χ2n) is 8.92. The first-order valence-corrected chi connectivity index (χ1v) is 12.1. The molecule has 6 rings (SSSR count). The van der Waals surface area contributed by atoms with Gasteiger partial charge in [-0.25, -0.2) is 13.6 Å². The number of sulfonamides is 1. The number of hydrogen-bond donors (Lipinski definition) is 1. The molecule has 142 valence electrons. The van der Waals surface area contributed by atoms with Crippen molar-refractivity contribution in [3.05, 3.63) is 16.5 Å². The molecule has 1 aromatic heterocycles. The highest BCUT2D eigenvalue weighted by Crippen LogP contribution is 2.57. The van der Waals surface area contributed by atoms with Crippen molar-refractivity contribution >= 4 is 27.3 Å². The summed E-state index contributed by atoms with van der Waals surface area (Å²) in [4.78, 5) is 16.0. The summed E-state index contributed by atoms with van der Waals surface area (Å²) in [6, 6.07) is 1.66.